The predicted octanol–water partition coefficient (Wildman–Crippen LogP) is 1.98. The van der Waals surface area contributed by atoms with Gasteiger partial charge in [-0.3, -0.25) is 9.36 Å². The molecule has 0 radical (unpaired) electrons. The minimum absolute atomic E-state index is 0.227. The number of rotatable bonds is 5. The summed E-state index contributed by atoms with van der Waals surface area (Å²) in [6, 6.07) is 12.3. The van der Waals surface area contributed by atoms with Crippen molar-refractivity contribution in [2.45, 2.75) is 13.0 Å². The normalized spacial score (nSPS) is 15.1. The molecular weight excluding hydrogens is 484 g/mol. The molecule has 3 aromatic rings. The van der Waals surface area contributed by atoms with Crippen molar-refractivity contribution >= 4 is 35.3 Å². The van der Waals surface area contributed by atoms with Crippen molar-refractivity contribution in [3.05, 3.63) is 102 Å². The van der Waals surface area contributed by atoms with Crippen molar-refractivity contribution in [1.82, 2.24) is 4.57 Å². The maximum Gasteiger partial charge on any atom is 0.338 e. The molecule has 36 heavy (non-hydrogen) atoms. The summed E-state index contributed by atoms with van der Waals surface area (Å²) in [4.78, 5) is 54.8. The third kappa shape index (κ3) is 4.50. The largest absolute Gasteiger partial charge is 0.466 e. The van der Waals surface area contributed by atoms with Crippen LogP contribution in [0.25, 0.3) is 6.08 Å². The first kappa shape index (κ1) is 24.8. The van der Waals surface area contributed by atoms with Crippen LogP contribution in [0.1, 0.15) is 44.8 Å². The van der Waals surface area contributed by atoms with Crippen LogP contribution < -0.4 is 14.9 Å². The topological polar surface area (TPSA) is 113 Å². The van der Waals surface area contributed by atoms with Crippen molar-refractivity contribution in [1.29, 1.82) is 0 Å². The maximum atomic E-state index is 13.6. The lowest BCUT2D eigenvalue weighted by atomic mass is 9.95. The van der Waals surface area contributed by atoms with Gasteiger partial charge in [0, 0.05) is 0 Å². The molecule has 1 atom stereocenters. The summed E-state index contributed by atoms with van der Waals surface area (Å²) in [7, 11) is 3.86. The molecular formula is C26H22N2O7S. The molecule has 4 rings (SSSR count). The Morgan fingerprint density at radius 2 is 1.39 bits per heavy atom. The Balaban J connectivity index is 1.86. The van der Waals surface area contributed by atoms with E-state index in [1.807, 2.05) is 0 Å². The van der Waals surface area contributed by atoms with E-state index in [4.69, 9.17) is 14.2 Å². The monoisotopic (exact) mass is 506 g/mol. The Morgan fingerprint density at radius 3 is 1.92 bits per heavy atom. The van der Waals surface area contributed by atoms with E-state index in [-0.39, 0.29) is 11.1 Å². The molecule has 1 aliphatic rings. The van der Waals surface area contributed by atoms with Gasteiger partial charge in [-0.05, 0) is 48.4 Å². The lowest BCUT2D eigenvalue weighted by Crippen LogP contribution is -2.39. The number of carbonyl (C=O) groups excluding carboxylic acids is 3. The van der Waals surface area contributed by atoms with Crippen LogP contribution >= 0.6 is 11.3 Å². The molecule has 0 fully saturated rings. The molecule has 1 aromatic heterocycles. The molecule has 1 unspecified atom stereocenters. The van der Waals surface area contributed by atoms with Gasteiger partial charge in [0.05, 0.1) is 54.3 Å². The number of methoxy groups -OCH3 is 3. The second-order valence-corrected chi connectivity index (χ2v) is 8.81. The second-order valence-electron chi connectivity index (χ2n) is 7.80. The van der Waals surface area contributed by atoms with Gasteiger partial charge in [0.1, 0.15) is 0 Å². The highest BCUT2D eigenvalue weighted by molar-refractivity contribution is 7.07. The van der Waals surface area contributed by atoms with Crippen LogP contribution in [0.15, 0.2) is 69.6 Å². The number of fused-ring (bicyclic) bond motifs is 1. The van der Waals surface area contributed by atoms with E-state index < -0.39 is 23.9 Å². The molecule has 0 N–H and O–H groups in total. The Labute approximate surface area is 209 Å². The molecule has 9 nitrogen and oxygen atoms in total. The van der Waals surface area contributed by atoms with Crippen LogP contribution in [-0.4, -0.2) is 43.8 Å². The van der Waals surface area contributed by atoms with Crippen molar-refractivity contribution in [2.75, 3.05) is 21.3 Å². The van der Waals surface area contributed by atoms with Crippen LogP contribution in [0.2, 0.25) is 0 Å². The number of hydrogen-bond acceptors (Lipinski definition) is 9. The molecule has 10 heteroatoms. The number of benzene rings is 2. The number of esters is 3. The maximum absolute atomic E-state index is 13.6. The summed E-state index contributed by atoms with van der Waals surface area (Å²) in [6.07, 6.45) is 1.69. The highest BCUT2D eigenvalue weighted by Crippen LogP contribution is 2.30. The predicted molar refractivity (Wildman–Crippen MR) is 131 cm³/mol. The average Bonchev–Trinajstić information content (AvgIpc) is 3.21. The van der Waals surface area contributed by atoms with E-state index in [0.29, 0.717) is 37.3 Å². The molecule has 0 bridgehead atoms. The number of hydrogen-bond donors (Lipinski definition) is 0. The van der Waals surface area contributed by atoms with E-state index in [2.05, 4.69) is 4.99 Å². The van der Waals surface area contributed by atoms with Crippen molar-refractivity contribution in [2.24, 2.45) is 4.99 Å². The van der Waals surface area contributed by atoms with Crippen molar-refractivity contribution in [3.63, 3.8) is 0 Å². The van der Waals surface area contributed by atoms with Crippen LogP contribution in [-0.2, 0) is 19.0 Å². The Bertz CT molecular complexity index is 1560. The standard InChI is InChI=1S/C26H22N2O7S/c1-14-20(25(32)35-4)21(16-9-11-18(12-10-16)24(31)34-3)28-22(29)19(36-26(28)27-14)13-15-5-7-17(8-6-15)23(30)33-2/h5-13,21H,1-4H3/b19-13-. The average molecular weight is 507 g/mol. The number of carbonyl (C=O) groups is 3. The van der Waals surface area contributed by atoms with Crippen LogP contribution in [0, 0.1) is 0 Å². The summed E-state index contributed by atoms with van der Waals surface area (Å²) < 4.78 is 16.3. The highest BCUT2D eigenvalue weighted by atomic mass is 32.1. The summed E-state index contributed by atoms with van der Waals surface area (Å²) in [6.45, 7) is 1.69. The zero-order chi connectivity index (χ0) is 26.0. The summed E-state index contributed by atoms with van der Waals surface area (Å²) in [5.74, 6) is -1.56. The van der Waals surface area contributed by atoms with Gasteiger partial charge >= 0.3 is 17.9 Å². The zero-order valence-electron chi connectivity index (χ0n) is 19.9. The van der Waals surface area contributed by atoms with E-state index in [0.717, 1.165) is 0 Å². The number of ether oxygens (including phenoxy) is 3. The third-order valence-electron chi connectivity index (χ3n) is 5.70. The highest BCUT2D eigenvalue weighted by Gasteiger charge is 2.33. The van der Waals surface area contributed by atoms with E-state index in [1.165, 1.54) is 37.2 Å². The quantitative estimate of drug-likeness (QED) is 0.384. The number of thiazole rings is 1. The SMILES string of the molecule is COC(=O)C1=C(C)N=c2s/c(=C\c3ccc(C(=O)OC)cc3)c(=O)n2C1c1ccc(C(=O)OC)cc1. The Kier molecular flexibility index (Phi) is 6.98. The number of allylic oxidation sites excluding steroid dienone is 1. The number of nitrogens with zero attached hydrogens (tertiary/aromatic N) is 2. The molecule has 0 amide bonds. The lowest BCUT2D eigenvalue weighted by Gasteiger charge is -2.24. The minimum atomic E-state index is -0.802. The first-order chi connectivity index (χ1) is 17.3. The Morgan fingerprint density at radius 1 is 0.861 bits per heavy atom. The number of aromatic nitrogens is 1. The van der Waals surface area contributed by atoms with Crippen LogP contribution in [0.4, 0.5) is 0 Å². The molecule has 0 saturated carbocycles. The van der Waals surface area contributed by atoms with Crippen LogP contribution in [0.5, 0.6) is 0 Å². The van der Waals surface area contributed by atoms with Gasteiger partial charge in [0.25, 0.3) is 5.56 Å². The van der Waals surface area contributed by atoms with E-state index in [1.54, 1.807) is 61.5 Å². The molecule has 2 aromatic carbocycles. The Hall–Kier alpha value is -4.31. The lowest BCUT2D eigenvalue weighted by molar-refractivity contribution is -0.136. The molecule has 0 spiro atoms. The fourth-order valence-corrected chi connectivity index (χ4v) is 4.96. The molecule has 0 saturated heterocycles. The minimum Gasteiger partial charge on any atom is -0.466 e. The molecule has 0 aliphatic carbocycles. The fourth-order valence-electron chi connectivity index (χ4n) is 3.91. The van der Waals surface area contributed by atoms with E-state index >= 15 is 0 Å². The van der Waals surface area contributed by atoms with Gasteiger partial charge in [-0.25, -0.2) is 19.4 Å². The smallest absolute Gasteiger partial charge is 0.338 e. The van der Waals surface area contributed by atoms with Gasteiger partial charge in [-0.2, -0.15) is 0 Å². The molecule has 184 valence electrons. The van der Waals surface area contributed by atoms with Gasteiger partial charge in [0.2, 0.25) is 0 Å². The summed E-state index contributed by atoms with van der Waals surface area (Å²) in [5.41, 5.74) is 2.35. The van der Waals surface area contributed by atoms with Gasteiger partial charge < -0.3 is 14.2 Å². The van der Waals surface area contributed by atoms with Crippen molar-refractivity contribution in [3.8, 4) is 0 Å². The first-order valence-corrected chi connectivity index (χ1v) is 11.6. The second kappa shape index (κ2) is 10.1. The molecule has 1 aliphatic heterocycles. The van der Waals surface area contributed by atoms with Gasteiger partial charge in [0.15, 0.2) is 4.80 Å². The van der Waals surface area contributed by atoms with Gasteiger partial charge in [-0.1, -0.05) is 35.6 Å². The fraction of sp³-hybridized carbons (Fsp3) is 0.192. The molecule has 2 heterocycles. The van der Waals surface area contributed by atoms with Crippen molar-refractivity contribution < 1.29 is 28.6 Å². The first-order valence-electron chi connectivity index (χ1n) is 10.8. The zero-order valence-corrected chi connectivity index (χ0v) is 20.8. The summed E-state index contributed by atoms with van der Waals surface area (Å²) >= 11 is 1.18. The summed E-state index contributed by atoms with van der Waals surface area (Å²) in [5, 5.41) is 0. The van der Waals surface area contributed by atoms with E-state index in [9.17, 15) is 19.2 Å². The van der Waals surface area contributed by atoms with Crippen LogP contribution in [0.3, 0.4) is 0 Å². The third-order valence-corrected chi connectivity index (χ3v) is 6.69. The van der Waals surface area contributed by atoms with Gasteiger partial charge in [-0.15, -0.1) is 0 Å².